The Morgan fingerprint density at radius 2 is 1.96 bits per heavy atom. The van der Waals surface area contributed by atoms with E-state index in [2.05, 4.69) is 5.32 Å². The summed E-state index contributed by atoms with van der Waals surface area (Å²) in [6.07, 6.45) is -0.433. The van der Waals surface area contributed by atoms with E-state index in [0.29, 0.717) is 12.0 Å². The molecule has 0 aliphatic rings. The maximum Gasteiger partial charge on any atom is 0.270 e. The molecule has 1 N–H and O–H groups in total. The third-order valence-corrected chi connectivity index (χ3v) is 3.64. The third-order valence-electron chi connectivity index (χ3n) is 3.64. The molecule has 25 heavy (non-hydrogen) atoms. The first-order valence-electron chi connectivity index (χ1n) is 7.60. The van der Waals surface area contributed by atoms with Gasteiger partial charge in [0.15, 0.2) is 12.4 Å². The number of rotatable bonds is 6. The fourth-order valence-corrected chi connectivity index (χ4v) is 2.28. The number of hydrogen-bond donors (Lipinski definition) is 1. The molecule has 0 aliphatic heterocycles. The van der Waals surface area contributed by atoms with Crippen molar-refractivity contribution < 1.29 is 19.2 Å². The van der Waals surface area contributed by atoms with Crippen LogP contribution in [0.3, 0.4) is 0 Å². The predicted octanol–water partition coefficient (Wildman–Crippen LogP) is 3.43. The van der Waals surface area contributed by atoms with Crippen LogP contribution in [0.1, 0.15) is 28.4 Å². The Labute approximate surface area is 144 Å². The monoisotopic (exact) mass is 342 g/mol. The Balaban J connectivity index is 2.13. The number of nitrogens with zero attached hydrogens (tertiary/aromatic N) is 1. The van der Waals surface area contributed by atoms with Crippen molar-refractivity contribution in [3.05, 3.63) is 63.2 Å². The fraction of sp³-hybridized carbons (Fsp3) is 0.222. The average molecular weight is 342 g/mol. The van der Waals surface area contributed by atoms with Gasteiger partial charge in [-0.15, -0.1) is 0 Å². The Hall–Kier alpha value is -3.22. The zero-order chi connectivity index (χ0) is 18.6. The number of nitro benzene ring substituents is 1. The molecule has 0 unspecified atom stereocenters. The quantitative estimate of drug-likeness (QED) is 0.492. The van der Waals surface area contributed by atoms with Gasteiger partial charge in [0.2, 0.25) is 0 Å². The maximum atomic E-state index is 12.3. The van der Waals surface area contributed by atoms with Crippen molar-refractivity contribution >= 4 is 23.6 Å². The summed E-state index contributed by atoms with van der Waals surface area (Å²) in [5, 5.41) is 13.5. The first kappa shape index (κ1) is 18.1. The second-order valence-electron chi connectivity index (χ2n) is 5.66. The first-order valence-corrected chi connectivity index (χ1v) is 7.60. The Kier molecular flexibility index (Phi) is 5.49. The van der Waals surface area contributed by atoms with E-state index in [1.54, 1.807) is 6.07 Å². The number of nitro groups is 1. The molecule has 0 bridgehead atoms. The molecule has 0 saturated heterocycles. The van der Waals surface area contributed by atoms with E-state index >= 15 is 0 Å². The maximum absolute atomic E-state index is 12.3. The van der Waals surface area contributed by atoms with Crippen LogP contribution in [0.5, 0.6) is 5.75 Å². The number of nitrogens with one attached hydrogen (secondary N) is 1. The molecule has 0 heterocycles. The number of hydrogen-bond acceptors (Lipinski definition) is 5. The van der Waals surface area contributed by atoms with Crippen molar-refractivity contribution in [3.63, 3.8) is 0 Å². The lowest BCUT2D eigenvalue weighted by Crippen LogP contribution is -2.30. The number of ether oxygens (including phenoxy) is 1. The predicted molar refractivity (Wildman–Crippen MR) is 93.1 cm³/mol. The molecule has 0 aromatic heterocycles. The molecule has 0 saturated carbocycles. The highest BCUT2D eigenvalue weighted by atomic mass is 16.6. The van der Waals surface area contributed by atoms with E-state index in [1.807, 2.05) is 26.0 Å². The summed E-state index contributed by atoms with van der Waals surface area (Å²) < 4.78 is 5.50. The molecular weight excluding hydrogens is 324 g/mol. The van der Waals surface area contributed by atoms with Crippen molar-refractivity contribution in [2.45, 2.75) is 26.9 Å². The number of carbonyl (C=O) groups is 2. The Morgan fingerprint density at radius 1 is 1.24 bits per heavy atom. The first-order chi connectivity index (χ1) is 11.8. The van der Waals surface area contributed by atoms with Crippen LogP contribution >= 0.6 is 0 Å². The minimum Gasteiger partial charge on any atom is -0.480 e. The average Bonchev–Trinajstić information content (AvgIpc) is 2.57. The van der Waals surface area contributed by atoms with Gasteiger partial charge in [-0.05, 0) is 38.5 Å². The molecule has 0 radical (unpaired) electrons. The van der Waals surface area contributed by atoms with Crippen LogP contribution in [0.15, 0.2) is 36.4 Å². The number of benzene rings is 2. The molecule has 0 aliphatic carbocycles. The van der Waals surface area contributed by atoms with Gasteiger partial charge in [-0.2, -0.15) is 0 Å². The van der Waals surface area contributed by atoms with Gasteiger partial charge in [-0.1, -0.05) is 17.7 Å². The zero-order valence-electron chi connectivity index (χ0n) is 14.1. The van der Waals surface area contributed by atoms with Crippen LogP contribution < -0.4 is 10.1 Å². The van der Waals surface area contributed by atoms with Crippen LogP contribution in [0.25, 0.3) is 0 Å². The molecule has 130 valence electrons. The van der Waals surface area contributed by atoms with Crippen LogP contribution in [0, 0.1) is 24.0 Å². The lowest BCUT2D eigenvalue weighted by molar-refractivity contribution is -0.384. The highest BCUT2D eigenvalue weighted by Gasteiger charge is 2.19. The van der Waals surface area contributed by atoms with Crippen molar-refractivity contribution in [2.24, 2.45) is 0 Å². The van der Waals surface area contributed by atoms with Crippen molar-refractivity contribution in [3.8, 4) is 5.75 Å². The van der Waals surface area contributed by atoms with E-state index < -0.39 is 11.0 Å². The van der Waals surface area contributed by atoms with Gasteiger partial charge in [0.05, 0.1) is 10.5 Å². The number of non-ortho nitro benzene ring substituents is 1. The van der Waals surface area contributed by atoms with Gasteiger partial charge in [0, 0.05) is 17.8 Å². The SMILES string of the molecule is Cc1ccc(NC(=O)[C@@H](C)Oc2ccc([N+](=O)[O-])cc2C=O)c(C)c1. The molecule has 2 aromatic rings. The summed E-state index contributed by atoms with van der Waals surface area (Å²) in [7, 11) is 0. The summed E-state index contributed by atoms with van der Waals surface area (Å²) in [5.74, 6) is -0.272. The number of anilines is 1. The highest BCUT2D eigenvalue weighted by Crippen LogP contribution is 2.24. The molecule has 1 atom stereocenters. The largest absolute Gasteiger partial charge is 0.480 e. The van der Waals surface area contributed by atoms with Crippen LogP contribution in [0.4, 0.5) is 11.4 Å². The summed E-state index contributed by atoms with van der Waals surface area (Å²) in [4.78, 5) is 33.6. The number of amides is 1. The van der Waals surface area contributed by atoms with E-state index in [1.165, 1.54) is 19.1 Å². The van der Waals surface area contributed by atoms with Gasteiger partial charge in [-0.3, -0.25) is 19.7 Å². The van der Waals surface area contributed by atoms with E-state index in [0.717, 1.165) is 17.2 Å². The van der Waals surface area contributed by atoms with Crippen molar-refractivity contribution in [1.29, 1.82) is 0 Å². The Morgan fingerprint density at radius 3 is 2.56 bits per heavy atom. The second-order valence-corrected chi connectivity index (χ2v) is 5.66. The summed E-state index contributed by atoms with van der Waals surface area (Å²) in [6.45, 7) is 5.38. The van der Waals surface area contributed by atoms with Crippen LogP contribution in [-0.4, -0.2) is 23.2 Å². The normalized spacial score (nSPS) is 11.5. The standard InChI is InChI=1S/C18H18N2O5/c1-11-4-6-16(12(2)8-11)19-18(22)13(3)25-17-7-5-15(20(23)24)9-14(17)10-21/h4-10,13H,1-3H3,(H,19,22)/t13-/m1/s1. The third kappa shape index (κ3) is 4.41. The number of aryl methyl sites for hydroxylation is 2. The second kappa shape index (κ2) is 7.57. The topological polar surface area (TPSA) is 98.5 Å². The summed E-state index contributed by atoms with van der Waals surface area (Å²) in [5.41, 5.74) is 2.47. The van der Waals surface area contributed by atoms with E-state index in [-0.39, 0.29) is 22.9 Å². The number of carbonyl (C=O) groups excluding carboxylic acids is 2. The Bertz CT molecular complexity index is 832. The van der Waals surface area contributed by atoms with Gasteiger partial charge < -0.3 is 10.1 Å². The molecule has 0 fully saturated rings. The molecule has 2 rings (SSSR count). The molecule has 7 nitrogen and oxygen atoms in total. The van der Waals surface area contributed by atoms with Gasteiger partial charge in [0.25, 0.3) is 11.6 Å². The summed E-state index contributed by atoms with van der Waals surface area (Å²) >= 11 is 0. The minimum atomic E-state index is -0.888. The molecule has 0 spiro atoms. The van der Waals surface area contributed by atoms with Crippen LogP contribution in [-0.2, 0) is 4.79 Å². The smallest absolute Gasteiger partial charge is 0.270 e. The van der Waals surface area contributed by atoms with Crippen molar-refractivity contribution in [2.75, 3.05) is 5.32 Å². The zero-order valence-corrected chi connectivity index (χ0v) is 14.1. The van der Waals surface area contributed by atoms with Crippen molar-refractivity contribution in [1.82, 2.24) is 0 Å². The minimum absolute atomic E-state index is 0.0142. The number of aldehydes is 1. The fourth-order valence-electron chi connectivity index (χ4n) is 2.28. The van der Waals surface area contributed by atoms with E-state index in [4.69, 9.17) is 4.74 Å². The van der Waals surface area contributed by atoms with Crippen LogP contribution in [0.2, 0.25) is 0 Å². The molecular formula is C18H18N2O5. The summed E-state index contributed by atoms with van der Waals surface area (Å²) in [6, 6.07) is 9.27. The molecule has 1 amide bonds. The van der Waals surface area contributed by atoms with Gasteiger partial charge in [0.1, 0.15) is 5.75 Å². The molecule has 2 aromatic carbocycles. The molecule has 7 heteroatoms. The van der Waals surface area contributed by atoms with E-state index in [9.17, 15) is 19.7 Å². The van der Waals surface area contributed by atoms with Gasteiger partial charge >= 0.3 is 0 Å². The lowest BCUT2D eigenvalue weighted by Gasteiger charge is -2.17. The highest BCUT2D eigenvalue weighted by molar-refractivity contribution is 5.95. The van der Waals surface area contributed by atoms with Gasteiger partial charge in [-0.25, -0.2) is 0 Å². The lowest BCUT2D eigenvalue weighted by atomic mass is 10.1.